The van der Waals surface area contributed by atoms with Gasteiger partial charge in [0.25, 0.3) is 0 Å². The van der Waals surface area contributed by atoms with Crippen LogP contribution >= 0.6 is 0 Å². The number of ether oxygens (including phenoxy) is 1. The van der Waals surface area contributed by atoms with Crippen LogP contribution in [0, 0.1) is 0 Å². The van der Waals surface area contributed by atoms with Crippen molar-refractivity contribution in [1.82, 2.24) is 9.78 Å². The van der Waals surface area contributed by atoms with E-state index in [1.165, 1.54) is 14.0 Å². The summed E-state index contributed by atoms with van der Waals surface area (Å²) in [5, 5.41) is 9.79. The minimum absolute atomic E-state index is 0.179. The maximum Gasteiger partial charge on any atom is 0.228 e. The number of amides is 2. The third-order valence-electron chi connectivity index (χ3n) is 3.82. The summed E-state index contributed by atoms with van der Waals surface area (Å²) in [6, 6.07) is 14.7. The normalized spacial score (nSPS) is 10.3. The first kappa shape index (κ1) is 18.2. The molecule has 0 fully saturated rings. The molecule has 138 valence electrons. The van der Waals surface area contributed by atoms with E-state index >= 15 is 0 Å². The van der Waals surface area contributed by atoms with Crippen LogP contribution in [0.25, 0.3) is 5.69 Å². The van der Waals surface area contributed by atoms with Crippen LogP contribution in [0.1, 0.15) is 12.5 Å². The van der Waals surface area contributed by atoms with Crippen LogP contribution in [-0.2, 0) is 16.0 Å². The zero-order valence-corrected chi connectivity index (χ0v) is 15.1. The molecule has 2 N–H and O–H groups in total. The molecule has 0 spiro atoms. The number of rotatable bonds is 6. The maximum absolute atomic E-state index is 12.3. The molecule has 0 bridgehead atoms. The molecule has 0 aliphatic heterocycles. The predicted molar refractivity (Wildman–Crippen MR) is 103 cm³/mol. The molecule has 2 aromatic carbocycles. The molecule has 0 aliphatic rings. The Hall–Kier alpha value is -3.61. The summed E-state index contributed by atoms with van der Waals surface area (Å²) < 4.78 is 6.94. The second-order valence-electron chi connectivity index (χ2n) is 5.95. The van der Waals surface area contributed by atoms with E-state index in [2.05, 4.69) is 15.7 Å². The Morgan fingerprint density at radius 2 is 1.89 bits per heavy atom. The summed E-state index contributed by atoms with van der Waals surface area (Å²) in [6.07, 6.45) is 3.68. The maximum atomic E-state index is 12.3. The van der Waals surface area contributed by atoms with Gasteiger partial charge in [-0.2, -0.15) is 5.10 Å². The van der Waals surface area contributed by atoms with Crippen LogP contribution in [0.4, 0.5) is 11.4 Å². The summed E-state index contributed by atoms with van der Waals surface area (Å²) in [5.41, 5.74) is 2.80. The van der Waals surface area contributed by atoms with Gasteiger partial charge in [0.15, 0.2) is 0 Å². The summed E-state index contributed by atoms with van der Waals surface area (Å²) in [5.74, 6) is 0.124. The minimum atomic E-state index is -0.217. The van der Waals surface area contributed by atoms with E-state index in [1.54, 1.807) is 29.1 Å². The van der Waals surface area contributed by atoms with Crippen molar-refractivity contribution in [3.63, 3.8) is 0 Å². The number of hydrogen-bond acceptors (Lipinski definition) is 4. The molecule has 0 saturated heterocycles. The van der Waals surface area contributed by atoms with Gasteiger partial charge in [-0.15, -0.1) is 0 Å². The molecule has 0 unspecified atom stereocenters. The van der Waals surface area contributed by atoms with Crippen molar-refractivity contribution in [2.24, 2.45) is 0 Å². The number of benzene rings is 2. The lowest BCUT2D eigenvalue weighted by atomic mass is 10.2. The Bertz CT molecular complexity index is 951. The summed E-state index contributed by atoms with van der Waals surface area (Å²) >= 11 is 0. The number of hydrogen-bond donors (Lipinski definition) is 2. The predicted octanol–water partition coefficient (Wildman–Crippen LogP) is 3.02. The number of anilines is 2. The van der Waals surface area contributed by atoms with Gasteiger partial charge in [-0.3, -0.25) is 9.59 Å². The largest absolute Gasteiger partial charge is 0.495 e. The van der Waals surface area contributed by atoms with Gasteiger partial charge in [-0.1, -0.05) is 18.2 Å². The van der Waals surface area contributed by atoms with Gasteiger partial charge in [0.1, 0.15) is 5.75 Å². The van der Waals surface area contributed by atoms with Crippen molar-refractivity contribution in [3.8, 4) is 11.4 Å². The molecule has 27 heavy (non-hydrogen) atoms. The molecule has 0 saturated carbocycles. The molecular weight excluding hydrogens is 344 g/mol. The monoisotopic (exact) mass is 364 g/mol. The first-order valence-electron chi connectivity index (χ1n) is 8.39. The number of para-hydroxylation sites is 1. The van der Waals surface area contributed by atoms with Crippen molar-refractivity contribution in [1.29, 1.82) is 0 Å². The third kappa shape index (κ3) is 4.72. The van der Waals surface area contributed by atoms with Crippen molar-refractivity contribution in [3.05, 3.63) is 66.5 Å². The van der Waals surface area contributed by atoms with E-state index in [4.69, 9.17) is 4.74 Å². The minimum Gasteiger partial charge on any atom is -0.495 e. The lowest BCUT2D eigenvalue weighted by molar-refractivity contribution is -0.115. The van der Waals surface area contributed by atoms with Gasteiger partial charge in [-0.25, -0.2) is 4.68 Å². The Labute approximate surface area is 157 Å². The van der Waals surface area contributed by atoms with E-state index in [1.807, 2.05) is 36.5 Å². The second kappa shape index (κ2) is 8.18. The number of nitrogens with zero attached hydrogens (tertiary/aromatic N) is 2. The molecule has 7 nitrogen and oxygen atoms in total. The number of carbonyl (C=O) groups is 2. The van der Waals surface area contributed by atoms with Gasteiger partial charge in [-0.05, 0) is 35.9 Å². The average Bonchev–Trinajstić information content (AvgIpc) is 3.10. The quantitative estimate of drug-likeness (QED) is 0.704. The van der Waals surface area contributed by atoms with Gasteiger partial charge in [0.05, 0.1) is 31.1 Å². The molecule has 1 heterocycles. The van der Waals surface area contributed by atoms with Crippen molar-refractivity contribution < 1.29 is 14.3 Å². The van der Waals surface area contributed by atoms with Crippen LogP contribution in [0.3, 0.4) is 0 Å². The zero-order chi connectivity index (χ0) is 19.2. The highest BCUT2D eigenvalue weighted by Gasteiger charge is 2.10. The van der Waals surface area contributed by atoms with E-state index < -0.39 is 0 Å². The van der Waals surface area contributed by atoms with Gasteiger partial charge in [0, 0.05) is 18.8 Å². The highest BCUT2D eigenvalue weighted by molar-refractivity contribution is 5.95. The van der Waals surface area contributed by atoms with Gasteiger partial charge < -0.3 is 15.4 Å². The summed E-state index contributed by atoms with van der Waals surface area (Å²) in [4.78, 5) is 23.7. The number of methoxy groups -OCH3 is 1. The Balaban J connectivity index is 1.67. The second-order valence-corrected chi connectivity index (χ2v) is 5.95. The Kier molecular flexibility index (Phi) is 5.51. The number of aromatic nitrogens is 2. The smallest absolute Gasteiger partial charge is 0.228 e. The van der Waals surface area contributed by atoms with E-state index in [-0.39, 0.29) is 18.2 Å². The summed E-state index contributed by atoms with van der Waals surface area (Å²) in [6.45, 7) is 1.41. The Morgan fingerprint density at radius 3 is 2.59 bits per heavy atom. The van der Waals surface area contributed by atoms with Crippen molar-refractivity contribution in [2.45, 2.75) is 13.3 Å². The molecular formula is C20H20N4O3. The highest BCUT2D eigenvalue weighted by Crippen LogP contribution is 2.27. The molecule has 2 amide bonds. The first-order chi connectivity index (χ1) is 13.0. The van der Waals surface area contributed by atoms with Crippen LogP contribution in [0.2, 0.25) is 0 Å². The summed E-state index contributed by atoms with van der Waals surface area (Å²) in [7, 11) is 1.52. The van der Waals surface area contributed by atoms with Crippen LogP contribution < -0.4 is 15.4 Å². The topological polar surface area (TPSA) is 85.2 Å². The van der Waals surface area contributed by atoms with Crippen molar-refractivity contribution >= 4 is 23.2 Å². The van der Waals surface area contributed by atoms with Crippen LogP contribution in [-0.4, -0.2) is 28.7 Å². The molecule has 0 radical (unpaired) electrons. The Morgan fingerprint density at radius 1 is 1.11 bits per heavy atom. The third-order valence-corrected chi connectivity index (χ3v) is 3.82. The van der Waals surface area contributed by atoms with Gasteiger partial charge in [0.2, 0.25) is 11.8 Å². The molecule has 0 aliphatic carbocycles. The molecule has 0 atom stereocenters. The first-order valence-corrected chi connectivity index (χ1v) is 8.39. The van der Waals surface area contributed by atoms with E-state index in [9.17, 15) is 9.59 Å². The van der Waals surface area contributed by atoms with E-state index in [0.29, 0.717) is 17.1 Å². The van der Waals surface area contributed by atoms with Crippen molar-refractivity contribution in [2.75, 3.05) is 17.7 Å². The lowest BCUT2D eigenvalue weighted by Gasteiger charge is -2.11. The standard InChI is InChI=1S/C20H20N4O3/c1-14(25)22-18-11-16(8-9-19(18)27-2)23-20(26)10-15-12-21-24(13-15)17-6-4-3-5-7-17/h3-9,11-13H,10H2,1-2H3,(H,22,25)(H,23,26). The van der Waals surface area contributed by atoms with E-state index in [0.717, 1.165) is 11.3 Å². The number of carbonyl (C=O) groups excluding carboxylic acids is 2. The molecule has 3 aromatic rings. The fourth-order valence-electron chi connectivity index (χ4n) is 2.64. The average molecular weight is 364 g/mol. The SMILES string of the molecule is COc1ccc(NC(=O)Cc2cnn(-c3ccccc3)c2)cc1NC(C)=O. The van der Waals surface area contributed by atoms with Crippen LogP contribution in [0.5, 0.6) is 5.75 Å². The highest BCUT2D eigenvalue weighted by atomic mass is 16.5. The molecule has 1 aromatic heterocycles. The number of nitrogens with one attached hydrogen (secondary N) is 2. The fourth-order valence-corrected chi connectivity index (χ4v) is 2.64. The lowest BCUT2D eigenvalue weighted by Crippen LogP contribution is -2.15. The van der Waals surface area contributed by atoms with Gasteiger partial charge >= 0.3 is 0 Å². The zero-order valence-electron chi connectivity index (χ0n) is 15.1. The fraction of sp³-hybridized carbons (Fsp3) is 0.150. The van der Waals surface area contributed by atoms with Crippen LogP contribution in [0.15, 0.2) is 60.9 Å². The molecule has 3 rings (SSSR count). The molecule has 7 heteroatoms.